The first-order valence-electron chi connectivity index (χ1n) is 6.68. The van der Waals surface area contributed by atoms with Crippen LogP contribution in [0.5, 0.6) is 0 Å². The van der Waals surface area contributed by atoms with Crippen molar-refractivity contribution in [3.05, 3.63) is 12.2 Å². The van der Waals surface area contributed by atoms with Crippen molar-refractivity contribution in [3.63, 3.8) is 0 Å². The standard InChI is InChI=1S/C12H19N5O3/c1-17-7-14-10(16-17)6-13-12(20)15-9-5-3-2-4-8(9)11(18)19/h7-9H,2-6H2,1H3,(H,18,19)(H2,13,15,20). The highest BCUT2D eigenvalue weighted by molar-refractivity contribution is 5.76. The van der Waals surface area contributed by atoms with Gasteiger partial charge in [0, 0.05) is 13.1 Å². The van der Waals surface area contributed by atoms with Crippen LogP contribution in [0, 0.1) is 5.92 Å². The van der Waals surface area contributed by atoms with E-state index in [9.17, 15) is 9.59 Å². The highest BCUT2D eigenvalue weighted by Crippen LogP contribution is 2.24. The van der Waals surface area contributed by atoms with Gasteiger partial charge in [-0.3, -0.25) is 9.48 Å². The van der Waals surface area contributed by atoms with Crippen LogP contribution in [-0.4, -0.2) is 37.9 Å². The van der Waals surface area contributed by atoms with Crippen molar-refractivity contribution in [2.24, 2.45) is 13.0 Å². The van der Waals surface area contributed by atoms with Crippen molar-refractivity contribution in [1.82, 2.24) is 25.4 Å². The predicted molar refractivity (Wildman–Crippen MR) is 69.8 cm³/mol. The van der Waals surface area contributed by atoms with Gasteiger partial charge in [-0.05, 0) is 12.8 Å². The van der Waals surface area contributed by atoms with Gasteiger partial charge in [0.2, 0.25) is 0 Å². The van der Waals surface area contributed by atoms with Crippen LogP contribution in [0.2, 0.25) is 0 Å². The summed E-state index contributed by atoms with van der Waals surface area (Å²) in [5.74, 6) is -0.829. The van der Waals surface area contributed by atoms with Crippen molar-refractivity contribution in [2.75, 3.05) is 0 Å². The number of aryl methyl sites for hydroxylation is 1. The van der Waals surface area contributed by atoms with Gasteiger partial charge in [0.05, 0.1) is 12.5 Å². The Hall–Kier alpha value is -2.12. The third kappa shape index (κ3) is 3.69. The summed E-state index contributed by atoms with van der Waals surface area (Å²) in [6, 6.07) is -0.687. The normalized spacial score (nSPS) is 22.2. The molecule has 3 N–H and O–H groups in total. The molecule has 1 aliphatic carbocycles. The van der Waals surface area contributed by atoms with E-state index in [1.807, 2.05) is 0 Å². The number of rotatable bonds is 4. The molecule has 0 aromatic carbocycles. The lowest BCUT2D eigenvalue weighted by Gasteiger charge is -2.29. The van der Waals surface area contributed by atoms with Crippen LogP contribution in [0.3, 0.4) is 0 Å². The fraction of sp³-hybridized carbons (Fsp3) is 0.667. The molecule has 2 unspecified atom stereocenters. The van der Waals surface area contributed by atoms with Crippen molar-refractivity contribution >= 4 is 12.0 Å². The Balaban J connectivity index is 1.82. The van der Waals surface area contributed by atoms with E-state index in [4.69, 9.17) is 5.11 Å². The Morgan fingerprint density at radius 3 is 2.85 bits per heavy atom. The number of carbonyl (C=O) groups excluding carboxylic acids is 1. The summed E-state index contributed by atoms with van der Waals surface area (Å²) in [5.41, 5.74) is 0. The molecule has 0 aliphatic heterocycles. The molecule has 1 fully saturated rings. The summed E-state index contributed by atoms with van der Waals surface area (Å²) in [4.78, 5) is 26.9. The van der Waals surface area contributed by atoms with Crippen LogP contribution in [-0.2, 0) is 18.4 Å². The molecule has 0 radical (unpaired) electrons. The third-order valence-electron chi connectivity index (χ3n) is 3.45. The summed E-state index contributed by atoms with van der Waals surface area (Å²) in [5, 5.41) is 18.6. The molecule has 1 aromatic rings. The Kier molecular flexibility index (Phi) is 4.54. The average Bonchev–Trinajstić information content (AvgIpc) is 2.83. The zero-order chi connectivity index (χ0) is 14.5. The maximum atomic E-state index is 11.8. The van der Waals surface area contributed by atoms with E-state index in [0.717, 1.165) is 12.8 Å². The second kappa shape index (κ2) is 6.36. The summed E-state index contributed by atoms with van der Waals surface area (Å²) in [6.45, 7) is 0.219. The van der Waals surface area contributed by atoms with Crippen molar-refractivity contribution in [2.45, 2.75) is 38.3 Å². The number of aliphatic carboxylic acids is 1. The zero-order valence-corrected chi connectivity index (χ0v) is 11.4. The molecule has 2 amide bonds. The maximum Gasteiger partial charge on any atom is 0.315 e. The molecule has 20 heavy (non-hydrogen) atoms. The van der Waals surface area contributed by atoms with E-state index in [1.54, 1.807) is 18.1 Å². The number of nitrogens with zero attached hydrogens (tertiary/aromatic N) is 3. The first kappa shape index (κ1) is 14.3. The Labute approximate surface area is 116 Å². The van der Waals surface area contributed by atoms with E-state index in [-0.39, 0.29) is 18.6 Å². The van der Waals surface area contributed by atoms with Crippen LogP contribution >= 0.6 is 0 Å². The van der Waals surface area contributed by atoms with E-state index in [1.165, 1.54) is 0 Å². The van der Waals surface area contributed by atoms with Crippen LogP contribution in [0.15, 0.2) is 6.33 Å². The maximum absolute atomic E-state index is 11.8. The lowest BCUT2D eigenvalue weighted by atomic mass is 9.84. The second-order valence-electron chi connectivity index (χ2n) is 5.00. The van der Waals surface area contributed by atoms with Crippen LogP contribution in [0.4, 0.5) is 4.79 Å². The van der Waals surface area contributed by atoms with Crippen LogP contribution in [0.1, 0.15) is 31.5 Å². The van der Waals surface area contributed by atoms with Gasteiger partial charge >= 0.3 is 12.0 Å². The van der Waals surface area contributed by atoms with Crippen molar-refractivity contribution < 1.29 is 14.7 Å². The molecule has 1 saturated carbocycles. The quantitative estimate of drug-likeness (QED) is 0.733. The second-order valence-corrected chi connectivity index (χ2v) is 5.00. The SMILES string of the molecule is Cn1cnc(CNC(=O)NC2CCCCC2C(=O)O)n1. The smallest absolute Gasteiger partial charge is 0.315 e. The number of hydrogen-bond donors (Lipinski definition) is 3. The first-order valence-corrected chi connectivity index (χ1v) is 6.68. The molecule has 8 nitrogen and oxygen atoms in total. The van der Waals surface area contributed by atoms with Gasteiger partial charge in [0.1, 0.15) is 6.33 Å². The first-order chi connectivity index (χ1) is 9.56. The summed E-state index contributed by atoms with van der Waals surface area (Å²) in [6.07, 6.45) is 4.70. The average molecular weight is 281 g/mol. The zero-order valence-electron chi connectivity index (χ0n) is 11.4. The summed E-state index contributed by atoms with van der Waals surface area (Å²) >= 11 is 0. The van der Waals surface area contributed by atoms with E-state index in [0.29, 0.717) is 18.7 Å². The van der Waals surface area contributed by atoms with Crippen molar-refractivity contribution in [1.29, 1.82) is 0 Å². The summed E-state index contributed by atoms with van der Waals surface area (Å²) in [7, 11) is 1.75. The topological polar surface area (TPSA) is 109 Å². The highest BCUT2D eigenvalue weighted by atomic mass is 16.4. The summed E-state index contributed by atoms with van der Waals surface area (Å²) < 4.78 is 1.55. The number of urea groups is 1. The lowest BCUT2D eigenvalue weighted by molar-refractivity contribution is -0.143. The number of nitrogens with one attached hydrogen (secondary N) is 2. The Bertz CT molecular complexity index is 487. The molecule has 1 aromatic heterocycles. The molecule has 0 spiro atoms. The largest absolute Gasteiger partial charge is 0.481 e. The van der Waals surface area contributed by atoms with Crippen LogP contribution in [0.25, 0.3) is 0 Å². The van der Waals surface area contributed by atoms with Crippen LogP contribution < -0.4 is 10.6 Å². The van der Waals surface area contributed by atoms with Gasteiger partial charge in [-0.25, -0.2) is 9.78 Å². The minimum absolute atomic E-state index is 0.219. The molecule has 8 heteroatoms. The molecular weight excluding hydrogens is 262 g/mol. The Morgan fingerprint density at radius 2 is 2.20 bits per heavy atom. The minimum atomic E-state index is -0.846. The molecule has 1 aliphatic rings. The molecule has 110 valence electrons. The molecular formula is C12H19N5O3. The van der Waals surface area contributed by atoms with Gasteiger partial charge in [0.25, 0.3) is 0 Å². The lowest BCUT2D eigenvalue weighted by Crippen LogP contribution is -2.48. The van der Waals surface area contributed by atoms with E-state index >= 15 is 0 Å². The molecule has 0 bridgehead atoms. The van der Waals surface area contributed by atoms with Gasteiger partial charge in [-0.2, -0.15) is 5.10 Å². The van der Waals surface area contributed by atoms with Crippen molar-refractivity contribution in [3.8, 4) is 0 Å². The Morgan fingerprint density at radius 1 is 1.45 bits per heavy atom. The number of hydrogen-bond acceptors (Lipinski definition) is 4. The van der Waals surface area contributed by atoms with E-state index in [2.05, 4.69) is 20.7 Å². The third-order valence-corrected chi connectivity index (χ3v) is 3.45. The highest BCUT2D eigenvalue weighted by Gasteiger charge is 2.31. The number of aromatic nitrogens is 3. The molecule has 2 rings (SSSR count). The minimum Gasteiger partial charge on any atom is -0.481 e. The number of carboxylic acid groups (broad SMARTS) is 1. The molecule has 1 heterocycles. The van der Waals surface area contributed by atoms with Gasteiger partial charge < -0.3 is 15.7 Å². The van der Waals surface area contributed by atoms with Gasteiger partial charge in [-0.15, -0.1) is 0 Å². The fourth-order valence-electron chi connectivity index (χ4n) is 2.44. The number of amides is 2. The number of carbonyl (C=O) groups is 2. The predicted octanol–water partition coefficient (Wildman–Crippen LogP) is 0.258. The van der Waals surface area contributed by atoms with Gasteiger partial charge in [0.15, 0.2) is 5.82 Å². The molecule has 2 atom stereocenters. The fourth-order valence-corrected chi connectivity index (χ4v) is 2.44. The monoisotopic (exact) mass is 281 g/mol. The number of carboxylic acids is 1. The molecule has 0 saturated heterocycles. The van der Waals surface area contributed by atoms with E-state index < -0.39 is 11.9 Å². The van der Waals surface area contributed by atoms with Gasteiger partial charge in [-0.1, -0.05) is 12.8 Å².